The van der Waals surface area contributed by atoms with Gasteiger partial charge in [-0.3, -0.25) is 0 Å². The first-order valence-electron chi connectivity index (χ1n) is 14.2. The van der Waals surface area contributed by atoms with E-state index in [9.17, 15) is 13.5 Å². The highest BCUT2D eigenvalue weighted by atomic mass is 32.2. The fourth-order valence-electron chi connectivity index (χ4n) is 6.61. The number of nitrogens with one attached hydrogen (secondary N) is 1. The molecule has 5 nitrogen and oxygen atoms in total. The Morgan fingerprint density at radius 2 is 1.18 bits per heavy atom. The molecule has 0 bridgehead atoms. The third kappa shape index (κ3) is 6.29. The van der Waals surface area contributed by atoms with Gasteiger partial charge in [0.15, 0.2) is 0 Å². The van der Waals surface area contributed by atoms with E-state index >= 15 is 0 Å². The van der Waals surface area contributed by atoms with E-state index in [-0.39, 0.29) is 21.0 Å². The lowest BCUT2D eigenvalue weighted by molar-refractivity contribution is -0.00488. The van der Waals surface area contributed by atoms with E-state index in [1.807, 2.05) is 74.5 Å². The molecule has 0 amide bonds. The molecule has 0 aliphatic carbocycles. The zero-order valence-electron chi connectivity index (χ0n) is 25.5. The summed E-state index contributed by atoms with van der Waals surface area (Å²) in [4.78, 5) is 0.144. The maximum atomic E-state index is 13.9. The Labute approximate surface area is 243 Å². The van der Waals surface area contributed by atoms with Gasteiger partial charge in [-0.1, -0.05) is 127 Å². The van der Waals surface area contributed by atoms with Gasteiger partial charge in [-0.05, 0) is 53.2 Å². The lowest BCUT2D eigenvalue weighted by atomic mass is 9.78. The predicted molar refractivity (Wildman–Crippen MR) is 167 cm³/mol. The molecule has 2 N–H and O–H groups in total. The van der Waals surface area contributed by atoms with Crippen molar-refractivity contribution >= 4 is 18.3 Å². The van der Waals surface area contributed by atoms with Crippen LogP contribution in [-0.4, -0.2) is 34.0 Å². The number of benzene rings is 3. The quantitative estimate of drug-likeness (QED) is 0.229. The molecule has 0 aromatic heterocycles. The highest BCUT2D eigenvalue weighted by Gasteiger charge is 2.55. The number of hydrogen-bond acceptors (Lipinski definition) is 4. The van der Waals surface area contributed by atoms with Crippen LogP contribution in [0.5, 0.6) is 0 Å². The Morgan fingerprint density at radius 1 is 0.750 bits per heavy atom. The highest BCUT2D eigenvalue weighted by molar-refractivity contribution is 7.89. The van der Waals surface area contributed by atoms with Crippen LogP contribution >= 0.6 is 0 Å². The molecule has 218 valence electrons. The summed E-state index contributed by atoms with van der Waals surface area (Å²) in [5.74, 6) is 0. The average molecular weight is 582 g/mol. The molecule has 0 saturated heterocycles. The van der Waals surface area contributed by atoms with Crippen molar-refractivity contribution in [3.63, 3.8) is 0 Å². The molecule has 3 rings (SSSR count). The van der Waals surface area contributed by atoms with E-state index < -0.39 is 36.1 Å². The molecule has 3 aromatic carbocycles. The first kappa shape index (κ1) is 32.2. The summed E-state index contributed by atoms with van der Waals surface area (Å²) in [5, 5.41) is 12.7. The highest BCUT2D eigenvalue weighted by Crippen LogP contribution is 2.52. The molecule has 0 aliphatic rings. The topological polar surface area (TPSA) is 75.6 Å². The monoisotopic (exact) mass is 581 g/mol. The smallest absolute Gasteiger partial charge is 0.241 e. The van der Waals surface area contributed by atoms with Crippen LogP contribution < -0.4 is 4.72 Å². The summed E-state index contributed by atoms with van der Waals surface area (Å²) >= 11 is 0. The molecular formula is C33H47NO4SSi. The Hall–Kier alpha value is -2.29. The van der Waals surface area contributed by atoms with Crippen molar-refractivity contribution in [3.8, 4) is 0 Å². The Morgan fingerprint density at radius 3 is 1.55 bits per heavy atom. The molecule has 3 aromatic rings. The first-order valence-corrected chi connectivity index (χ1v) is 17.7. The van der Waals surface area contributed by atoms with E-state index in [2.05, 4.69) is 53.2 Å². The van der Waals surface area contributed by atoms with Gasteiger partial charge < -0.3 is 9.53 Å². The van der Waals surface area contributed by atoms with Crippen molar-refractivity contribution in [2.45, 2.75) is 101 Å². The maximum Gasteiger partial charge on any atom is 0.241 e. The number of aryl methyl sites for hydroxylation is 1. The minimum absolute atomic E-state index is 0.137. The van der Waals surface area contributed by atoms with Gasteiger partial charge in [0.1, 0.15) is 5.60 Å². The normalized spacial score (nSPS) is 14.9. The fourth-order valence-corrected chi connectivity index (χ4v) is 14.4. The van der Waals surface area contributed by atoms with Gasteiger partial charge in [-0.15, -0.1) is 0 Å². The minimum atomic E-state index is -4.03. The standard InChI is InChI=1S/C33H47NO4SSi/c1-24(2)40(25(3)4,32(7,8)9)38-27(6)31(34-39(36,37)30-22-20-26(5)21-23-30)33(35,28-16-12-10-13-17-28)29-18-14-11-15-19-29/h10-25,27,31,34-35H,1-9H3. The summed E-state index contributed by atoms with van der Waals surface area (Å²) < 4.78 is 38.0. The van der Waals surface area contributed by atoms with E-state index in [0.717, 1.165) is 5.56 Å². The lowest BCUT2D eigenvalue weighted by Crippen LogP contribution is -2.62. The van der Waals surface area contributed by atoms with Crippen LogP contribution in [0.25, 0.3) is 0 Å². The van der Waals surface area contributed by atoms with Crippen molar-refractivity contribution in [1.82, 2.24) is 4.72 Å². The zero-order chi connectivity index (χ0) is 29.9. The second kappa shape index (κ2) is 12.3. The largest absolute Gasteiger partial charge is 0.411 e. The van der Waals surface area contributed by atoms with Crippen LogP contribution in [0.4, 0.5) is 0 Å². The summed E-state index contributed by atoms with van der Waals surface area (Å²) in [6.45, 7) is 19.3. The van der Waals surface area contributed by atoms with Gasteiger partial charge in [0, 0.05) is 0 Å². The summed E-state index contributed by atoms with van der Waals surface area (Å²) in [5.41, 5.74) is 0.936. The molecule has 0 aliphatic heterocycles. The van der Waals surface area contributed by atoms with Crippen LogP contribution in [0.2, 0.25) is 16.1 Å². The first-order chi connectivity index (χ1) is 18.6. The van der Waals surface area contributed by atoms with Crippen molar-refractivity contribution < 1.29 is 18.0 Å². The van der Waals surface area contributed by atoms with Gasteiger partial charge in [-0.2, -0.15) is 0 Å². The molecule has 0 radical (unpaired) electrons. The summed E-state index contributed by atoms with van der Waals surface area (Å²) in [6.07, 6.45) is -0.665. The molecule has 40 heavy (non-hydrogen) atoms. The van der Waals surface area contributed by atoms with E-state index in [0.29, 0.717) is 11.1 Å². The van der Waals surface area contributed by atoms with Crippen LogP contribution in [0.3, 0.4) is 0 Å². The maximum absolute atomic E-state index is 13.9. The van der Waals surface area contributed by atoms with Crippen LogP contribution in [0, 0.1) is 6.92 Å². The number of rotatable bonds is 11. The van der Waals surface area contributed by atoms with Gasteiger partial charge >= 0.3 is 0 Å². The zero-order valence-corrected chi connectivity index (χ0v) is 27.3. The SMILES string of the molecule is Cc1ccc(S(=O)(=O)NC(C(C)O[Si](C(C)C)(C(C)C)C(C)(C)C)C(O)(c2ccccc2)c2ccccc2)cc1. The van der Waals surface area contributed by atoms with Gasteiger partial charge in [0.05, 0.1) is 17.0 Å². The van der Waals surface area contributed by atoms with Gasteiger partial charge in [-0.25, -0.2) is 13.1 Å². The number of aliphatic hydroxyl groups is 1. The van der Waals surface area contributed by atoms with Crippen LogP contribution in [0.1, 0.15) is 72.1 Å². The second-order valence-electron chi connectivity index (χ2n) is 12.6. The molecule has 0 saturated carbocycles. The molecule has 7 heteroatoms. The third-order valence-electron chi connectivity index (χ3n) is 8.23. The van der Waals surface area contributed by atoms with Crippen molar-refractivity contribution in [3.05, 3.63) is 102 Å². The minimum Gasteiger partial charge on any atom is -0.411 e. The summed E-state index contributed by atoms with van der Waals surface area (Å²) in [6, 6.07) is 24.3. The molecule has 0 fully saturated rings. The van der Waals surface area contributed by atoms with E-state index in [1.165, 1.54) is 0 Å². The number of hydrogen-bond donors (Lipinski definition) is 2. The van der Waals surface area contributed by atoms with Crippen LogP contribution in [-0.2, 0) is 20.1 Å². The molecule has 2 atom stereocenters. The molecule has 0 heterocycles. The predicted octanol–water partition coefficient (Wildman–Crippen LogP) is 7.55. The third-order valence-corrected chi connectivity index (χ3v) is 16.2. The molecular weight excluding hydrogens is 535 g/mol. The van der Waals surface area contributed by atoms with Crippen molar-refractivity contribution in [2.24, 2.45) is 0 Å². The molecule has 2 unspecified atom stereocenters. The molecule has 0 spiro atoms. The van der Waals surface area contributed by atoms with E-state index in [4.69, 9.17) is 4.43 Å². The van der Waals surface area contributed by atoms with Gasteiger partial charge in [0.25, 0.3) is 0 Å². The van der Waals surface area contributed by atoms with Crippen molar-refractivity contribution in [2.75, 3.05) is 0 Å². The second-order valence-corrected chi connectivity index (χ2v) is 19.9. The Bertz CT molecular complexity index is 1290. The average Bonchev–Trinajstić information content (AvgIpc) is 2.90. The fraction of sp³-hybridized carbons (Fsp3) is 0.455. The summed E-state index contributed by atoms with van der Waals surface area (Å²) in [7, 11) is -6.59. The lowest BCUT2D eigenvalue weighted by Gasteiger charge is -2.52. The number of sulfonamides is 1. The Balaban J connectivity index is 2.28. The van der Waals surface area contributed by atoms with E-state index in [1.54, 1.807) is 24.3 Å². The van der Waals surface area contributed by atoms with Crippen LogP contribution in [0.15, 0.2) is 89.8 Å². The van der Waals surface area contributed by atoms with Crippen molar-refractivity contribution in [1.29, 1.82) is 0 Å². The van der Waals surface area contributed by atoms with Gasteiger partial charge in [0.2, 0.25) is 18.3 Å². The Kier molecular flexibility index (Phi) is 9.90.